The summed E-state index contributed by atoms with van der Waals surface area (Å²) in [6, 6.07) is 16.3. The minimum absolute atomic E-state index is 0.0656. The van der Waals surface area contributed by atoms with Crippen molar-refractivity contribution in [3.8, 4) is 0 Å². The number of nitrogens with zero attached hydrogens (tertiary/aromatic N) is 1. The van der Waals surface area contributed by atoms with Crippen LogP contribution in [0.5, 0.6) is 0 Å². The molecule has 28 heavy (non-hydrogen) atoms. The van der Waals surface area contributed by atoms with Crippen LogP contribution in [0.4, 0.5) is 5.69 Å². The molecule has 1 aliphatic rings. The van der Waals surface area contributed by atoms with Crippen molar-refractivity contribution in [3.63, 3.8) is 0 Å². The van der Waals surface area contributed by atoms with E-state index in [-0.39, 0.29) is 31.0 Å². The molecule has 1 fully saturated rings. The Bertz CT molecular complexity index is 830. The fourth-order valence-electron chi connectivity index (χ4n) is 4.42. The van der Waals surface area contributed by atoms with Crippen LogP contribution >= 0.6 is 0 Å². The molecule has 2 aromatic rings. The van der Waals surface area contributed by atoms with Crippen LogP contribution in [0.15, 0.2) is 48.5 Å². The molecule has 0 aliphatic carbocycles. The van der Waals surface area contributed by atoms with Gasteiger partial charge in [-0.25, -0.2) is 4.79 Å². The van der Waals surface area contributed by atoms with Crippen molar-refractivity contribution >= 4 is 17.6 Å². The van der Waals surface area contributed by atoms with Gasteiger partial charge < -0.3 is 14.5 Å². The Morgan fingerprint density at radius 3 is 2.36 bits per heavy atom. The normalized spacial score (nSPS) is 21.3. The second kappa shape index (κ2) is 8.57. The maximum atomic E-state index is 13.0. The zero-order valence-corrected chi connectivity index (χ0v) is 16.9. The number of methoxy groups -OCH3 is 1. The van der Waals surface area contributed by atoms with Gasteiger partial charge >= 0.3 is 5.97 Å². The van der Waals surface area contributed by atoms with Gasteiger partial charge in [0.1, 0.15) is 6.04 Å². The van der Waals surface area contributed by atoms with Crippen LogP contribution < -0.4 is 5.32 Å². The summed E-state index contributed by atoms with van der Waals surface area (Å²) < 4.78 is 5.38. The molecule has 0 aromatic heterocycles. The van der Waals surface area contributed by atoms with Gasteiger partial charge in [0.15, 0.2) is 13.1 Å². The van der Waals surface area contributed by atoms with Crippen molar-refractivity contribution in [2.45, 2.75) is 32.7 Å². The summed E-state index contributed by atoms with van der Waals surface area (Å²) in [5.41, 5.74) is 4.10. The maximum absolute atomic E-state index is 13.0. The Kier molecular flexibility index (Phi) is 6.15. The van der Waals surface area contributed by atoms with Gasteiger partial charge in [-0.15, -0.1) is 0 Å². The van der Waals surface area contributed by atoms with Crippen molar-refractivity contribution < 1.29 is 18.8 Å². The van der Waals surface area contributed by atoms with E-state index in [4.69, 9.17) is 4.74 Å². The molecule has 1 amide bonds. The largest absolute Gasteiger partial charge is 0.465 e. The highest BCUT2D eigenvalue weighted by atomic mass is 16.5. The lowest BCUT2D eigenvalue weighted by atomic mass is 10.0. The third kappa shape index (κ3) is 4.25. The minimum atomic E-state index is -0.275. The molecule has 3 rings (SSSR count). The lowest BCUT2D eigenvalue weighted by Gasteiger charge is -2.38. The van der Waals surface area contributed by atoms with Crippen LogP contribution in [0.2, 0.25) is 0 Å². The van der Waals surface area contributed by atoms with Gasteiger partial charge in [0.25, 0.3) is 5.91 Å². The average Bonchev–Trinajstić information content (AvgIpc) is 3.08. The maximum Gasteiger partial charge on any atom is 0.361 e. The van der Waals surface area contributed by atoms with Gasteiger partial charge in [0.2, 0.25) is 0 Å². The lowest BCUT2D eigenvalue weighted by molar-refractivity contribution is -0.931. The topological polar surface area (TPSA) is 55.4 Å². The summed E-state index contributed by atoms with van der Waals surface area (Å²) in [6.45, 7) is 5.22. The quantitative estimate of drug-likeness (QED) is 0.612. The molecule has 1 heterocycles. The van der Waals surface area contributed by atoms with Gasteiger partial charge in [-0.05, 0) is 25.0 Å². The Labute approximate surface area is 166 Å². The van der Waals surface area contributed by atoms with E-state index in [1.807, 2.05) is 50.2 Å². The van der Waals surface area contributed by atoms with E-state index in [9.17, 15) is 9.59 Å². The van der Waals surface area contributed by atoms with Crippen LogP contribution in [0, 0.1) is 13.8 Å². The van der Waals surface area contributed by atoms with Crippen LogP contribution in [0.3, 0.4) is 0 Å². The van der Waals surface area contributed by atoms with E-state index in [1.165, 1.54) is 12.7 Å². The van der Waals surface area contributed by atoms with Gasteiger partial charge in [-0.2, -0.15) is 0 Å². The predicted octanol–water partition coefficient (Wildman–Crippen LogP) is 3.77. The number of aryl methyl sites for hydroxylation is 2. The number of anilines is 1. The summed E-state index contributed by atoms with van der Waals surface area (Å²) in [7, 11) is 1.41. The first-order chi connectivity index (χ1) is 13.4. The molecule has 148 valence electrons. The van der Waals surface area contributed by atoms with E-state index in [1.54, 1.807) is 0 Å². The summed E-state index contributed by atoms with van der Waals surface area (Å²) in [4.78, 5) is 25.3. The fraction of sp³-hybridized carbons (Fsp3) is 0.391. The van der Waals surface area contributed by atoms with E-state index in [2.05, 4.69) is 17.4 Å². The predicted molar refractivity (Wildman–Crippen MR) is 110 cm³/mol. The van der Waals surface area contributed by atoms with Crippen LogP contribution in [-0.4, -0.2) is 43.1 Å². The fourth-order valence-corrected chi connectivity index (χ4v) is 4.42. The number of amides is 1. The first kappa shape index (κ1) is 20.1. The summed E-state index contributed by atoms with van der Waals surface area (Å²) in [5, 5.41) is 3.09. The summed E-state index contributed by atoms with van der Waals surface area (Å²) in [5.74, 6) is -0.341. The van der Waals surface area contributed by atoms with Gasteiger partial charge in [0.05, 0.1) is 13.7 Å². The number of hydrogen-bond donors (Lipinski definition) is 1. The molecular formula is C23H29N2O3+. The SMILES string of the molecule is COC(=O)C[N+]1(CC(=O)Nc2c(C)cccc2C)CCCC1c1ccccc1. The van der Waals surface area contributed by atoms with E-state index >= 15 is 0 Å². The number of hydrogen-bond acceptors (Lipinski definition) is 3. The molecule has 1 N–H and O–H groups in total. The van der Waals surface area contributed by atoms with Crippen molar-refractivity contribution in [3.05, 3.63) is 65.2 Å². The highest BCUT2D eigenvalue weighted by molar-refractivity contribution is 5.93. The number of carbonyl (C=O) groups is 2. The zero-order chi connectivity index (χ0) is 20.1. The average molecular weight is 381 g/mol. The number of carbonyl (C=O) groups excluding carboxylic acids is 2. The van der Waals surface area contributed by atoms with E-state index in [0.29, 0.717) is 4.48 Å². The number of nitrogens with one attached hydrogen (secondary N) is 1. The Morgan fingerprint density at radius 2 is 1.71 bits per heavy atom. The third-order valence-electron chi connectivity index (χ3n) is 5.80. The molecule has 0 radical (unpaired) electrons. The Morgan fingerprint density at radius 1 is 1.04 bits per heavy atom. The molecule has 5 heteroatoms. The summed E-state index contributed by atoms with van der Waals surface area (Å²) >= 11 is 0. The van der Waals surface area contributed by atoms with Crippen molar-refractivity contribution in [1.82, 2.24) is 0 Å². The highest BCUT2D eigenvalue weighted by Crippen LogP contribution is 2.39. The number of likely N-dealkylation sites (tertiary alicyclic amines) is 1. The van der Waals surface area contributed by atoms with E-state index in [0.717, 1.165) is 36.2 Å². The van der Waals surface area contributed by atoms with Crippen molar-refractivity contribution in [2.24, 2.45) is 0 Å². The lowest BCUT2D eigenvalue weighted by Crippen LogP contribution is -2.54. The molecule has 2 unspecified atom stereocenters. The Balaban J connectivity index is 1.87. The monoisotopic (exact) mass is 381 g/mol. The zero-order valence-electron chi connectivity index (χ0n) is 16.9. The van der Waals surface area contributed by atoms with Gasteiger partial charge in [0, 0.05) is 24.1 Å². The first-order valence-electron chi connectivity index (χ1n) is 9.79. The number of benzene rings is 2. The van der Waals surface area contributed by atoms with Gasteiger partial charge in [-0.1, -0.05) is 48.5 Å². The molecule has 5 nitrogen and oxygen atoms in total. The molecule has 0 saturated carbocycles. The molecular weight excluding hydrogens is 352 g/mol. The number of rotatable bonds is 6. The summed E-state index contributed by atoms with van der Waals surface area (Å²) in [6.07, 6.45) is 1.94. The number of ether oxygens (including phenoxy) is 1. The molecule has 2 atom stereocenters. The highest BCUT2D eigenvalue weighted by Gasteiger charge is 2.46. The van der Waals surface area contributed by atoms with Crippen molar-refractivity contribution in [2.75, 3.05) is 32.1 Å². The van der Waals surface area contributed by atoms with Gasteiger partial charge in [-0.3, -0.25) is 4.79 Å². The van der Waals surface area contributed by atoms with Crippen molar-refractivity contribution in [1.29, 1.82) is 0 Å². The molecule has 2 aromatic carbocycles. The van der Waals surface area contributed by atoms with E-state index < -0.39 is 0 Å². The Hall–Kier alpha value is -2.66. The van der Waals surface area contributed by atoms with Crippen LogP contribution in [-0.2, 0) is 14.3 Å². The smallest absolute Gasteiger partial charge is 0.361 e. The molecule has 1 aliphatic heterocycles. The number of esters is 1. The molecule has 0 bridgehead atoms. The second-order valence-electron chi connectivity index (χ2n) is 7.72. The second-order valence-corrected chi connectivity index (χ2v) is 7.72. The van der Waals surface area contributed by atoms with Crippen LogP contribution in [0.25, 0.3) is 0 Å². The number of quaternary nitrogens is 1. The number of para-hydroxylation sites is 1. The minimum Gasteiger partial charge on any atom is -0.465 e. The molecule has 1 saturated heterocycles. The third-order valence-corrected chi connectivity index (χ3v) is 5.80. The van der Waals surface area contributed by atoms with Crippen LogP contribution in [0.1, 0.15) is 35.6 Å². The standard InChI is InChI=1S/C23H28N2O3/c1-17-9-7-10-18(2)23(17)24-21(26)15-25(16-22(27)28-3)14-8-13-20(25)19-11-5-4-6-12-19/h4-7,9-12,20H,8,13-16H2,1-3H3/p+1. The molecule has 0 spiro atoms. The first-order valence-corrected chi connectivity index (χ1v) is 9.79.